The lowest BCUT2D eigenvalue weighted by Crippen LogP contribution is -2.27. The Morgan fingerprint density at radius 1 is 1.03 bits per heavy atom. The van der Waals surface area contributed by atoms with Crippen LogP contribution in [0.4, 0.5) is 5.69 Å². The first-order valence-electron chi connectivity index (χ1n) is 11.3. The summed E-state index contributed by atoms with van der Waals surface area (Å²) in [6.45, 7) is 4.23. The Kier molecular flexibility index (Phi) is 8.07. The van der Waals surface area contributed by atoms with Gasteiger partial charge in [0.15, 0.2) is 18.1 Å². The highest BCUT2D eigenvalue weighted by atomic mass is 32.2. The van der Waals surface area contributed by atoms with Gasteiger partial charge in [-0.25, -0.2) is 0 Å². The fourth-order valence-electron chi connectivity index (χ4n) is 3.83. The van der Waals surface area contributed by atoms with Crippen molar-refractivity contribution in [1.82, 2.24) is 4.90 Å². The van der Waals surface area contributed by atoms with Gasteiger partial charge >= 0.3 is 0 Å². The molecule has 184 valence electrons. The molecule has 36 heavy (non-hydrogen) atoms. The summed E-state index contributed by atoms with van der Waals surface area (Å²) in [5, 5.41) is 2.85. The maximum absolute atomic E-state index is 13.0. The lowest BCUT2D eigenvalue weighted by Gasteiger charge is -2.14. The van der Waals surface area contributed by atoms with E-state index in [1.165, 1.54) is 18.9 Å². The molecule has 1 N–H and O–H groups in total. The maximum atomic E-state index is 13.0. The summed E-state index contributed by atoms with van der Waals surface area (Å²) < 4.78 is 11.7. The minimum atomic E-state index is -0.270. The summed E-state index contributed by atoms with van der Waals surface area (Å²) >= 11 is 6.72. The molecule has 8 heteroatoms. The van der Waals surface area contributed by atoms with Crippen molar-refractivity contribution in [3.63, 3.8) is 0 Å². The molecule has 1 fully saturated rings. The second-order valence-electron chi connectivity index (χ2n) is 8.38. The van der Waals surface area contributed by atoms with Crippen LogP contribution in [0.15, 0.2) is 71.6 Å². The number of benzene rings is 3. The van der Waals surface area contributed by atoms with E-state index in [0.717, 1.165) is 27.9 Å². The standard InChI is InChI=1S/C28H26N2O4S2/c1-18-11-19(2)13-22(12-18)29-26(31)17-34-23-10-9-21(14-24(23)33-3)15-25-27(32)30(28(35)36-25)16-20-7-5-4-6-8-20/h4-15H,16-17H2,1-3H3,(H,29,31)/b25-15-. The monoisotopic (exact) mass is 518 g/mol. The number of thiocarbonyl (C=S) groups is 1. The first-order valence-corrected chi connectivity index (χ1v) is 12.5. The van der Waals surface area contributed by atoms with Crippen LogP contribution in [0, 0.1) is 13.8 Å². The van der Waals surface area contributed by atoms with E-state index in [1.807, 2.05) is 68.4 Å². The summed E-state index contributed by atoms with van der Waals surface area (Å²) in [6, 6.07) is 20.9. The van der Waals surface area contributed by atoms with Gasteiger partial charge < -0.3 is 14.8 Å². The highest BCUT2D eigenvalue weighted by Crippen LogP contribution is 2.35. The van der Waals surface area contributed by atoms with E-state index in [0.29, 0.717) is 27.3 Å². The Morgan fingerprint density at radius 3 is 2.44 bits per heavy atom. The van der Waals surface area contributed by atoms with Crippen molar-refractivity contribution >= 4 is 51.9 Å². The quantitative estimate of drug-likeness (QED) is 0.303. The maximum Gasteiger partial charge on any atom is 0.266 e. The van der Waals surface area contributed by atoms with E-state index in [1.54, 1.807) is 23.1 Å². The molecule has 0 saturated carbocycles. The molecule has 0 radical (unpaired) electrons. The van der Waals surface area contributed by atoms with Gasteiger partial charge in [-0.15, -0.1) is 0 Å². The topological polar surface area (TPSA) is 67.9 Å². The SMILES string of the molecule is COc1cc(/C=C2\SC(=S)N(Cc3ccccc3)C2=O)ccc1OCC(=O)Nc1cc(C)cc(C)c1. The van der Waals surface area contributed by atoms with Crippen LogP contribution in [-0.4, -0.2) is 34.8 Å². The molecule has 6 nitrogen and oxygen atoms in total. The minimum Gasteiger partial charge on any atom is -0.493 e. The van der Waals surface area contributed by atoms with Gasteiger partial charge in [-0.3, -0.25) is 14.5 Å². The van der Waals surface area contributed by atoms with Gasteiger partial charge in [0.1, 0.15) is 4.32 Å². The molecule has 2 amide bonds. The molecule has 1 heterocycles. The van der Waals surface area contributed by atoms with Crippen LogP contribution in [0.2, 0.25) is 0 Å². The molecule has 0 unspecified atom stereocenters. The molecular weight excluding hydrogens is 492 g/mol. The summed E-state index contributed by atoms with van der Waals surface area (Å²) in [4.78, 5) is 27.5. The molecule has 0 spiro atoms. The molecule has 1 saturated heterocycles. The highest BCUT2D eigenvalue weighted by Gasteiger charge is 2.32. The molecule has 1 aliphatic heterocycles. The van der Waals surface area contributed by atoms with E-state index in [2.05, 4.69) is 5.32 Å². The van der Waals surface area contributed by atoms with Crippen molar-refractivity contribution in [3.8, 4) is 11.5 Å². The summed E-state index contributed by atoms with van der Waals surface area (Å²) in [6.07, 6.45) is 1.78. The van der Waals surface area contributed by atoms with Crippen molar-refractivity contribution in [1.29, 1.82) is 0 Å². The Morgan fingerprint density at radius 2 is 1.75 bits per heavy atom. The van der Waals surface area contributed by atoms with Gasteiger partial charge in [-0.05, 0) is 66.4 Å². The van der Waals surface area contributed by atoms with Crippen LogP contribution < -0.4 is 14.8 Å². The third-order valence-electron chi connectivity index (χ3n) is 5.41. The number of nitrogens with zero attached hydrogens (tertiary/aromatic N) is 1. The number of hydrogen-bond acceptors (Lipinski definition) is 6. The highest BCUT2D eigenvalue weighted by molar-refractivity contribution is 8.26. The molecule has 1 aliphatic rings. The van der Waals surface area contributed by atoms with Gasteiger partial charge in [0.05, 0.1) is 18.6 Å². The zero-order valence-electron chi connectivity index (χ0n) is 20.2. The molecule has 3 aromatic rings. The average molecular weight is 519 g/mol. The second-order valence-corrected chi connectivity index (χ2v) is 10.1. The summed E-state index contributed by atoms with van der Waals surface area (Å²) in [5.74, 6) is 0.494. The van der Waals surface area contributed by atoms with Crippen LogP contribution in [0.3, 0.4) is 0 Å². The van der Waals surface area contributed by atoms with Crippen LogP contribution in [0.5, 0.6) is 11.5 Å². The van der Waals surface area contributed by atoms with E-state index in [-0.39, 0.29) is 18.4 Å². The predicted molar refractivity (Wildman–Crippen MR) is 148 cm³/mol. The predicted octanol–water partition coefficient (Wildman–Crippen LogP) is 5.73. The third kappa shape index (κ3) is 6.33. The second kappa shape index (κ2) is 11.4. The largest absolute Gasteiger partial charge is 0.493 e. The number of thioether (sulfide) groups is 1. The lowest BCUT2D eigenvalue weighted by atomic mass is 10.1. The number of nitrogens with one attached hydrogen (secondary N) is 1. The lowest BCUT2D eigenvalue weighted by molar-refractivity contribution is -0.122. The number of aryl methyl sites for hydroxylation is 2. The Labute approximate surface area is 220 Å². The minimum absolute atomic E-state index is 0.129. The number of hydrogen-bond donors (Lipinski definition) is 1. The van der Waals surface area contributed by atoms with E-state index >= 15 is 0 Å². The zero-order chi connectivity index (χ0) is 25.7. The van der Waals surface area contributed by atoms with E-state index in [4.69, 9.17) is 21.7 Å². The zero-order valence-corrected chi connectivity index (χ0v) is 21.9. The van der Waals surface area contributed by atoms with Crippen molar-refractivity contribution in [3.05, 3.63) is 93.9 Å². The van der Waals surface area contributed by atoms with E-state index in [9.17, 15) is 9.59 Å². The smallest absolute Gasteiger partial charge is 0.266 e. The number of methoxy groups -OCH3 is 1. The third-order valence-corrected chi connectivity index (χ3v) is 6.78. The van der Waals surface area contributed by atoms with Gasteiger partial charge in [0.2, 0.25) is 0 Å². The number of ether oxygens (including phenoxy) is 2. The van der Waals surface area contributed by atoms with Crippen LogP contribution in [0.25, 0.3) is 6.08 Å². The summed E-state index contributed by atoms with van der Waals surface area (Å²) in [5.41, 5.74) is 4.65. The Balaban J connectivity index is 1.41. The van der Waals surface area contributed by atoms with Crippen molar-refractivity contribution in [2.24, 2.45) is 0 Å². The average Bonchev–Trinajstić information content (AvgIpc) is 3.10. The Bertz CT molecular complexity index is 1320. The van der Waals surface area contributed by atoms with Gasteiger partial charge in [-0.2, -0.15) is 0 Å². The van der Waals surface area contributed by atoms with Crippen molar-refractivity contribution < 1.29 is 19.1 Å². The normalized spacial score (nSPS) is 14.3. The number of amides is 2. The van der Waals surface area contributed by atoms with Crippen molar-refractivity contribution in [2.75, 3.05) is 19.0 Å². The van der Waals surface area contributed by atoms with Crippen LogP contribution >= 0.6 is 24.0 Å². The van der Waals surface area contributed by atoms with Gasteiger partial charge in [0, 0.05) is 5.69 Å². The number of anilines is 1. The van der Waals surface area contributed by atoms with Crippen LogP contribution in [-0.2, 0) is 16.1 Å². The van der Waals surface area contributed by atoms with Crippen LogP contribution in [0.1, 0.15) is 22.3 Å². The first kappa shape index (κ1) is 25.5. The van der Waals surface area contributed by atoms with Crippen molar-refractivity contribution in [2.45, 2.75) is 20.4 Å². The molecule has 0 aliphatic carbocycles. The van der Waals surface area contributed by atoms with Gasteiger partial charge in [-0.1, -0.05) is 66.4 Å². The fraction of sp³-hybridized carbons (Fsp3) is 0.179. The number of rotatable bonds is 8. The molecule has 0 atom stereocenters. The fourth-order valence-corrected chi connectivity index (χ4v) is 5.09. The summed E-state index contributed by atoms with van der Waals surface area (Å²) in [7, 11) is 1.53. The molecule has 3 aromatic carbocycles. The van der Waals surface area contributed by atoms with E-state index < -0.39 is 0 Å². The van der Waals surface area contributed by atoms with Gasteiger partial charge in [0.25, 0.3) is 11.8 Å². The number of carbonyl (C=O) groups excluding carboxylic acids is 2. The molecule has 4 rings (SSSR count). The molecule has 0 bridgehead atoms. The number of carbonyl (C=O) groups is 2. The molecule has 0 aromatic heterocycles. The first-order chi connectivity index (χ1) is 17.3. The molecular formula is C28H26N2O4S2. The Hall–Kier alpha value is -3.62.